The largest absolute Gasteiger partial charge is 0.444 e. The molecule has 8 rings (SSSR count). The zero-order valence-electron chi connectivity index (χ0n) is 41.3. The maximum absolute atomic E-state index is 14.7. The fourth-order valence-electron chi connectivity index (χ4n) is 8.76. The van der Waals surface area contributed by atoms with Crippen molar-refractivity contribution in [3.8, 4) is 5.69 Å². The number of benzene rings is 2. The molecule has 6 heterocycles. The van der Waals surface area contributed by atoms with E-state index in [2.05, 4.69) is 75.7 Å². The van der Waals surface area contributed by atoms with Crippen LogP contribution in [0.25, 0.3) is 16.7 Å². The summed E-state index contributed by atoms with van der Waals surface area (Å²) in [6.07, 6.45) is 9.56. The number of carbonyl (C=O) groups excluding carboxylic acids is 4. The number of ether oxygens (including phenoxy) is 2. The van der Waals surface area contributed by atoms with Crippen LogP contribution in [0.15, 0.2) is 84.1 Å². The Bertz CT molecular complexity index is 2790. The van der Waals surface area contributed by atoms with Gasteiger partial charge in [-0.05, 0) is 94.0 Å². The summed E-state index contributed by atoms with van der Waals surface area (Å²) in [5.41, 5.74) is 2.98. The number of carbonyl (C=O) groups is 4. The lowest BCUT2D eigenvalue weighted by molar-refractivity contribution is -0.134. The molecular weight excluding hydrogens is 978 g/mol. The first kappa shape index (κ1) is 52.2. The van der Waals surface area contributed by atoms with Gasteiger partial charge in [0.15, 0.2) is 4.34 Å². The number of alkyl carbamates (subject to hydrolysis) is 1. The number of thioether (sulfide) groups is 1. The third-order valence-corrected chi connectivity index (χ3v) is 15.3. The molecule has 2 saturated heterocycles. The van der Waals surface area contributed by atoms with Crippen molar-refractivity contribution in [2.24, 2.45) is 0 Å². The van der Waals surface area contributed by atoms with Gasteiger partial charge in [0.25, 0.3) is 5.91 Å². The number of H-pyrrole nitrogens is 1. The van der Waals surface area contributed by atoms with E-state index in [-0.39, 0.29) is 37.4 Å². The standard InChI is InChI=1S/C50H62ClN13O6S2/c1-34-30-38(64-22-18-52-33-64)11-8-36(34)31-71-48-59-58-44(72-48)45(66)60(5)27-29-69-28-14-41(65)62-25-23-61(24-26-62)19-13-40(35-6-9-37(51)10-7-35)56-46(67)50(57-47(68)70-49(2,3)4)15-20-63(21-16-50)43-39-12-17-53-42(39)54-32-55-43/h6-12,17-18,22,30,32-33,40H,13-16,19-21,23-29,31H2,1-5H3,(H,56,67)(H,57,68)(H,53,54,55)/t40-/m0/s1. The topological polar surface area (TPSA) is 209 Å². The number of piperazine rings is 1. The number of halogens is 1. The molecule has 2 aliphatic rings. The maximum atomic E-state index is 14.7. The van der Waals surface area contributed by atoms with E-state index in [9.17, 15) is 19.2 Å². The number of hydrogen-bond donors (Lipinski definition) is 3. The van der Waals surface area contributed by atoms with Crippen molar-refractivity contribution >= 4 is 75.4 Å². The Kier molecular flexibility index (Phi) is 17.1. The highest BCUT2D eigenvalue weighted by atomic mass is 35.5. The van der Waals surface area contributed by atoms with Crippen LogP contribution in [0.2, 0.25) is 5.02 Å². The number of aryl methyl sites for hydroxylation is 1. The quantitative estimate of drug-likeness (QED) is 0.0571. The molecule has 4 amide bonds. The fraction of sp³-hybridized carbons (Fsp3) is 0.460. The third-order valence-electron chi connectivity index (χ3n) is 12.9. The van der Waals surface area contributed by atoms with Gasteiger partial charge in [-0.2, -0.15) is 0 Å². The summed E-state index contributed by atoms with van der Waals surface area (Å²) >= 11 is 9.12. The van der Waals surface area contributed by atoms with Gasteiger partial charge in [-0.3, -0.25) is 19.3 Å². The van der Waals surface area contributed by atoms with Crippen LogP contribution >= 0.6 is 34.7 Å². The number of likely N-dealkylation sites (N-methyl/N-ethyl adjacent to an activating group) is 1. The number of piperidine rings is 1. The van der Waals surface area contributed by atoms with Crippen LogP contribution in [0.1, 0.15) is 79.0 Å². The molecule has 0 radical (unpaired) electrons. The van der Waals surface area contributed by atoms with Crippen LogP contribution in [0.4, 0.5) is 10.6 Å². The molecule has 0 saturated carbocycles. The lowest BCUT2D eigenvalue weighted by Crippen LogP contribution is -2.64. The first-order chi connectivity index (χ1) is 34.6. The summed E-state index contributed by atoms with van der Waals surface area (Å²) in [5, 5.41) is 16.5. The van der Waals surface area contributed by atoms with Crippen LogP contribution in [0.5, 0.6) is 0 Å². The van der Waals surface area contributed by atoms with E-state index in [0.29, 0.717) is 87.4 Å². The highest BCUT2D eigenvalue weighted by Crippen LogP contribution is 2.32. The predicted molar refractivity (Wildman–Crippen MR) is 278 cm³/mol. The summed E-state index contributed by atoms with van der Waals surface area (Å²) < 4.78 is 14.2. The monoisotopic (exact) mass is 1040 g/mol. The fourth-order valence-corrected chi connectivity index (χ4v) is 10.8. The van der Waals surface area contributed by atoms with Gasteiger partial charge in [-0.15, -0.1) is 10.2 Å². The normalized spacial score (nSPS) is 15.6. The molecule has 3 N–H and O–H groups in total. The lowest BCUT2D eigenvalue weighted by atomic mass is 9.85. The van der Waals surface area contributed by atoms with Gasteiger partial charge in [0.2, 0.25) is 16.8 Å². The zero-order valence-corrected chi connectivity index (χ0v) is 43.7. The minimum Gasteiger partial charge on any atom is -0.444 e. The van der Waals surface area contributed by atoms with Gasteiger partial charge in [0, 0.05) is 94.5 Å². The number of aromatic amines is 1. The molecule has 6 aromatic rings. The smallest absolute Gasteiger partial charge is 0.408 e. The SMILES string of the molecule is Cc1cc(-n2ccnc2)ccc1CSc1nnc(C(=O)N(C)CCOCCC(=O)N2CCN(CC[C@H](NC(=O)C3(NC(=O)OC(C)(C)C)CCN(c4ncnc5[nH]ccc45)CC3)c3ccc(Cl)cc3)CC2)s1. The first-order valence-corrected chi connectivity index (χ1v) is 26.3. The average Bonchev–Trinajstić information content (AvgIpc) is 4.18. The number of nitrogens with one attached hydrogen (secondary N) is 3. The number of rotatable bonds is 19. The molecule has 0 aliphatic carbocycles. The number of anilines is 1. The highest BCUT2D eigenvalue weighted by Gasteiger charge is 2.45. The number of hydrogen-bond acceptors (Lipinski definition) is 15. The van der Waals surface area contributed by atoms with E-state index in [1.807, 2.05) is 52.2 Å². The second-order valence-corrected chi connectivity index (χ2v) is 21.7. The van der Waals surface area contributed by atoms with Crippen LogP contribution in [-0.2, 0) is 24.8 Å². The molecule has 72 heavy (non-hydrogen) atoms. The van der Waals surface area contributed by atoms with Gasteiger partial charge < -0.3 is 44.4 Å². The summed E-state index contributed by atoms with van der Waals surface area (Å²) in [4.78, 5) is 78.4. The first-order valence-electron chi connectivity index (χ1n) is 24.1. The van der Waals surface area contributed by atoms with Gasteiger partial charge in [0.1, 0.15) is 28.9 Å². The molecule has 22 heteroatoms. The Labute approximate surface area is 432 Å². The molecule has 2 fully saturated rings. The molecule has 4 aromatic heterocycles. The van der Waals surface area contributed by atoms with E-state index in [0.717, 1.165) is 38.0 Å². The molecule has 19 nitrogen and oxygen atoms in total. The van der Waals surface area contributed by atoms with Crippen molar-refractivity contribution in [1.29, 1.82) is 0 Å². The molecule has 2 aromatic carbocycles. The van der Waals surface area contributed by atoms with Crippen molar-refractivity contribution in [2.75, 3.05) is 77.5 Å². The minimum absolute atomic E-state index is 0.0136. The van der Waals surface area contributed by atoms with Gasteiger partial charge in [-0.1, -0.05) is 52.9 Å². The van der Waals surface area contributed by atoms with Crippen molar-refractivity contribution < 1.29 is 28.7 Å². The Morgan fingerprint density at radius 1 is 0.986 bits per heavy atom. The van der Waals surface area contributed by atoms with Gasteiger partial charge in [-0.25, -0.2) is 19.7 Å². The minimum atomic E-state index is -1.25. The molecule has 0 bridgehead atoms. The van der Waals surface area contributed by atoms with Crippen molar-refractivity contribution in [3.05, 3.63) is 106 Å². The summed E-state index contributed by atoms with van der Waals surface area (Å²) in [7, 11) is 1.70. The summed E-state index contributed by atoms with van der Waals surface area (Å²) in [5.74, 6) is 0.959. The Morgan fingerprint density at radius 2 is 1.76 bits per heavy atom. The van der Waals surface area contributed by atoms with E-state index in [4.69, 9.17) is 21.1 Å². The number of amides is 4. The summed E-state index contributed by atoms with van der Waals surface area (Å²) in [6.45, 7) is 12.4. The number of fused-ring (bicyclic) bond motifs is 1. The number of imidazole rings is 1. The van der Waals surface area contributed by atoms with E-state index in [1.165, 1.54) is 23.2 Å². The lowest BCUT2D eigenvalue weighted by Gasteiger charge is -2.42. The number of nitrogens with zero attached hydrogens (tertiary/aromatic N) is 10. The number of aromatic nitrogens is 7. The highest BCUT2D eigenvalue weighted by molar-refractivity contribution is 8.00. The molecule has 382 valence electrons. The van der Waals surface area contributed by atoms with E-state index >= 15 is 0 Å². The van der Waals surface area contributed by atoms with Crippen LogP contribution in [0, 0.1) is 6.92 Å². The Balaban J connectivity index is 0.776. The van der Waals surface area contributed by atoms with Crippen molar-refractivity contribution in [1.82, 2.24) is 60.0 Å². The third kappa shape index (κ3) is 13.5. The molecule has 0 spiro atoms. The molecule has 1 atom stereocenters. The van der Waals surface area contributed by atoms with E-state index < -0.39 is 23.3 Å². The van der Waals surface area contributed by atoms with Crippen LogP contribution in [0.3, 0.4) is 0 Å². The summed E-state index contributed by atoms with van der Waals surface area (Å²) in [6, 6.07) is 15.3. The zero-order chi connectivity index (χ0) is 50.8. The molecular formula is C50H62ClN13O6S2. The van der Waals surface area contributed by atoms with Gasteiger partial charge >= 0.3 is 6.09 Å². The predicted octanol–water partition coefficient (Wildman–Crippen LogP) is 6.68. The average molecular weight is 1040 g/mol. The van der Waals surface area contributed by atoms with Crippen LogP contribution < -0.4 is 15.5 Å². The Morgan fingerprint density at radius 3 is 2.49 bits per heavy atom. The second-order valence-electron chi connectivity index (χ2n) is 19.1. The van der Waals surface area contributed by atoms with Gasteiger partial charge in [0.05, 0.1) is 37.4 Å². The second kappa shape index (κ2) is 23.6. The Hall–Kier alpha value is -6.13. The molecule has 2 aliphatic heterocycles. The van der Waals surface area contributed by atoms with Crippen molar-refractivity contribution in [2.45, 2.75) is 80.7 Å². The maximum Gasteiger partial charge on any atom is 0.408 e. The van der Waals surface area contributed by atoms with E-state index in [1.54, 1.807) is 57.0 Å². The molecule has 0 unspecified atom stereocenters. The van der Waals surface area contributed by atoms with Crippen molar-refractivity contribution in [3.63, 3.8) is 0 Å². The van der Waals surface area contributed by atoms with Crippen LogP contribution in [-0.4, -0.2) is 157 Å².